The first-order chi connectivity index (χ1) is 7.59. The van der Waals surface area contributed by atoms with Crippen molar-refractivity contribution in [1.82, 2.24) is 5.32 Å². The average molecular weight is 218 g/mol. The van der Waals surface area contributed by atoms with Crippen LogP contribution in [-0.4, -0.2) is 19.1 Å². The number of anilines is 1. The Morgan fingerprint density at radius 1 is 1.12 bits per heavy atom. The van der Waals surface area contributed by atoms with E-state index in [1.165, 1.54) is 34.4 Å². The van der Waals surface area contributed by atoms with Gasteiger partial charge in [-0.2, -0.15) is 0 Å². The van der Waals surface area contributed by atoms with Gasteiger partial charge in [-0.25, -0.2) is 0 Å². The third-order valence-electron chi connectivity index (χ3n) is 3.77. The van der Waals surface area contributed by atoms with Crippen molar-refractivity contribution in [2.45, 2.75) is 40.2 Å². The van der Waals surface area contributed by atoms with E-state index in [-0.39, 0.29) is 0 Å². The van der Waals surface area contributed by atoms with Gasteiger partial charge in [-0.05, 0) is 62.9 Å². The maximum Gasteiger partial charge on any atom is 0.0407 e. The molecule has 1 fully saturated rings. The lowest BCUT2D eigenvalue weighted by atomic mass is 9.98. The molecule has 2 heteroatoms. The van der Waals surface area contributed by atoms with Gasteiger partial charge in [0, 0.05) is 18.3 Å². The first-order valence-corrected chi connectivity index (χ1v) is 6.14. The van der Waals surface area contributed by atoms with E-state index in [4.69, 9.17) is 0 Å². The summed E-state index contributed by atoms with van der Waals surface area (Å²) in [7, 11) is 0. The van der Waals surface area contributed by atoms with Crippen LogP contribution in [0.2, 0.25) is 0 Å². The molecule has 0 saturated carbocycles. The third kappa shape index (κ3) is 2.07. The fourth-order valence-electron chi connectivity index (χ4n) is 2.42. The van der Waals surface area contributed by atoms with E-state index in [0.29, 0.717) is 6.04 Å². The monoisotopic (exact) mass is 218 g/mol. The van der Waals surface area contributed by atoms with Crippen molar-refractivity contribution in [3.05, 3.63) is 28.3 Å². The van der Waals surface area contributed by atoms with Crippen LogP contribution in [0.4, 0.5) is 5.69 Å². The van der Waals surface area contributed by atoms with Gasteiger partial charge in [0.15, 0.2) is 0 Å². The lowest BCUT2D eigenvalue weighted by Gasteiger charge is -2.20. The van der Waals surface area contributed by atoms with Crippen molar-refractivity contribution in [3.8, 4) is 0 Å². The largest absolute Gasteiger partial charge is 0.381 e. The topological polar surface area (TPSA) is 24.1 Å². The molecule has 1 aliphatic rings. The van der Waals surface area contributed by atoms with Crippen molar-refractivity contribution < 1.29 is 0 Å². The van der Waals surface area contributed by atoms with E-state index in [1.807, 2.05) is 0 Å². The quantitative estimate of drug-likeness (QED) is 0.797. The number of nitrogens with one attached hydrogen (secondary N) is 2. The van der Waals surface area contributed by atoms with Crippen molar-refractivity contribution >= 4 is 5.69 Å². The van der Waals surface area contributed by atoms with Gasteiger partial charge in [-0.3, -0.25) is 0 Å². The number of rotatable bonds is 2. The van der Waals surface area contributed by atoms with Gasteiger partial charge in [0.05, 0.1) is 0 Å². The molecule has 0 radical (unpaired) electrons. The molecule has 16 heavy (non-hydrogen) atoms. The summed E-state index contributed by atoms with van der Waals surface area (Å²) >= 11 is 0. The molecule has 1 aromatic rings. The second kappa shape index (κ2) is 4.46. The zero-order valence-corrected chi connectivity index (χ0v) is 10.8. The van der Waals surface area contributed by atoms with Crippen LogP contribution in [0.5, 0.6) is 0 Å². The highest BCUT2D eigenvalue weighted by Gasteiger charge is 2.16. The lowest BCUT2D eigenvalue weighted by Crippen LogP contribution is -2.23. The summed E-state index contributed by atoms with van der Waals surface area (Å²) in [5.74, 6) is 0. The Morgan fingerprint density at radius 2 is 1.75 bits per heavy atom. The Kier molecular flexibility index (Phi) is 3.20. The van der Waals surface area contributed by atoms with Crippen molar-refractivity contribution in [2.24, 2.45) is 0 Å². The summed E-state index contributed by atoms with van der Waals surface area (Å²) in [6.07, 6.45) is 1.23. The Labute approximate surface area is 98.4 Å². The molecule has 1 aromatic carbocycles. The SMILES string of the molecule is Cc1cc(C)c(C)c(NC2CCNC2)c1C. The van der Waals surface area contributed by atoms with Crippen LogP contribution in [-0.2, 0) is 0 Å². The Morgan fingerprint density at radius 3 is 2.25 bits per heavy atom. The van der Waals surface area contributed by atoms with Gasteiger partial charge in [0.1, 0.15) is 0 Å². The van der Waals surface area contributed by atoms with Crippen LogP contribution in [0, 0.1) is 27.7 Å². The minimum absolute atomic E-state index is 0.596. The second-order valence-electron chi connectivity index (χ2n) is 4.97. The van der Waals surface area contributed by atoms with Crippen LogP contribution < -0.4 is 10.6 Å². The maximum absolute atomic E-state index is 3.70. The zero-order valence-electron chi connectivity index (χ0n) is 10.8. The highest BCUT2D eigenvalue weighted by molar-refractivity contribution is 5.62. The fourth-order valence-corrected chi connectivity index (χ4v) is 2.42. The summed E-state index contributed by atoms with van der Waals surface area (Å²) in [6.45, 7) is 11.0. The van der Waals surface area contributed by atoms with Crippen LogP contribution in [0.25, 0.3) is 0 Å². The number of aryl methyl sites for hydroxylation is 2. The van der Waals surface area contributed by atoms with Crippen LogP contribution in [0.15, 0.2) is 6.07 Å². The Bertz CT molecular complexity index is 364. The predicted octanol–water partition coefficient (Wildman–Crippen LogP) is 2.69. The van der Waals surface area contributed by atoms with Gasteiger partial charge in [0.25, 0.3) is 0 Å². The van der Waals surface area contributed by atoms with Gasteiger partial charge in [-0.15, -0.1) is 0 Å². The lowest BCUT2D eigenvalue weighted by molar-refractivity contribution is 0.790. The van der Waals surface area contributed by atoms with Crippen LogP contribution in [0.3, 0.4) is 0 Å². The predicted molar refractivity (Wildman–Crippen MR) is 70.3 cm³/mol. The minimum atomic E-state index is 0.596. The van der Waals surface area contributed by atoms with Gasteiger partial charge in [-0.1, -0.05) is 6.07 Å². The fraction of sp³-hybridized carbons (Fsp3) is 0.571. The first-order valence-electron chi connectivity index (χ1n) is 6.14. The zero-order chi connectivity index (χ0) is 11.7. The average Bonchev–Trinajstić information content (AvgIpc) is 2.74. The molecule has 0 spiro atoms. The Hall–Kier alpha value is -1.02. The van der Waals surface area contributed by atoms with E-state index in [9.17, 15) is 0 Å². The highest BCUT2D eigenvalue weighted by Crippen LogP contribution is 2.27. The van der Waals surface area contributed by atoms with E-state index >= 15 is 0 Å². The van der Waals surface area contributed by atoms with Gasteiger partial charge >= 0.3 is 0 Å². The van der Waals surface area contributed by atoms with Crippen molar-refractivity contribution in [3.63, 3.8) is 0 Å². The number of hydrogen-bond donors (Lipinski definition) is 2. The molecule has 2 nitrogen and oxygen atoms in total. The van der Waals surface area contributed by atoms with E-state index in [0.717, 1.165) is 13.1 Å². The van der Waals surface area contributed by atoms with E-state index < -0.39 is 0 Å². The summed E-state index contributed by atoms with van der Waals surface area (Å²) in [6, 6.07) is 2.88. The van der Waals surface area contributed by atoms with Gasteiger partial charge < -0.3 is 10.6 Å². The maximum atomic E-state index is 3.70. The molecule has 88 valence electrons. The Balaban J connectivity index is 2.31. The second-order valence-corrected chi connectivity index (χ2v) is 4.97. The number of hydrogen-bond acceptors (Lipinski definition) is 2. The molecule has 0 amide bonds. The van der Waals surface area contributed by atoms with E-state index in [1.54, 1.807) is 0 Å². The third-order valence-corrected chi connectivity index (χ3v) is 3.77. The summed E-state index contributed by atoms with van der Waals surface area (Å²) in [5, 5.41) is 7.09. The molecular formula is C14H22N2. The molecule has 2 rings (SSSR count). The molecule has 1 saturated heterocycles. The standard InChI is InChI=1S/C14H22N2/c1-9-7-10(2)12(4)14(11(9)3)16-13-5-6-15-8-13/h7,13,15-16H,5-6,8H2,1-4H3. The number of benzene rings is 1. The normalized spacial score (nSPS) is 20.1. The summed E-state index contributed by atoms with van der Waals surface area (Å²) < 4.78 is 0. The molecule has 1 unspecified atom stereocenters. The summed E-state index contributed by atoms with van der Waals surface area (Å²) in [4.78, 5) is 0. The van der Waals surface area contributed by atoms with Crippen molar-refractivity contribution in [1.29, 1.82) is 0 Å². The molecular weight excluding hydrogens is 196 g/mol. The smallest absolute Gasteiger partial charge is 0.0407 e. The molecule has 0 aliphatic carbocycles. The molecule has 0 aromatic heterocycles. The molecule has 1 atom stereocenters. The van der Waals surface area contributed by atoms with E-state index in [2.05, 4.69) is 44.4 Å². The first kappa shape index (κ1) is 11.5. The van der Waals surface area contributed by atoms with Crippen molar-refractivity contribution in [2.75, 3.05) is 18.4 Å². The van der Waals surface area contributed by atoms with Crippen LogP contribution >= 0.6 is 0 Å². The molecule has 1 aliphatic heterocycles. The molecule has 0 bridgehead atoms. The summed E-state index contributed by atoms with van der Waals surface area (Å²) in [5.41, 5.74) is 6.92. The molecule has 1 heterocycles. The van der Waals surface area contributed by atoms with Gasteiger partial charge in [0.2, 0.25) is 0 Å². The highest BCUT2D eigenvalue weighted by atomic mass is 15.0. The molecule has 2 N–H and O–H groups in total. The minimum Gasteiger partial charge on any atom is -0.381 e. The van der Waals surface area contributed by atoms with Crippen LogP contribution in [0.1, 0.15) is 28.7 Å².